The third kappa shape index (κ3) is 4.68. The number of likely N-dealkylation sites (tertiary alicyclic amines) is 1. The highest BCUT2D eigenvalue weighted by molar-refractivity contribution is 5.98. The number of nitrogens with zero attached hydrogens (tertiary/aromatic N) is 7. The van der Waals surface area contributed by atoms with Crippen LogP contribution in [-0.2, 0) is 13.5 Å². The van der Waals surface area contributed by atoms with Crippen molar-refractivity contribution in [2.45, 2.75) is 25.3 Å². The van der Waals surface area contributed by atoms with E-state index in [1.807, 2.05) is 43.7 Å². The molecule has 1 aromatic carbocycles. The highest BCUT2D eigenvalue weighted by Crippen LogP contribution is 2.24. The van der Waals surface area contributed by atoms with Crippen LogP contribution < -0.4 is 4.90 Å². The number of hydrogen-bond acceptors (Lipinski definition) is 7. The van der Waals surface area contributed by atoms with E-state index in [2.05, 4.69) is 43.9 Å². The minimum atomic E-state index is -0.0109. The van der Waals surface area contributed by atoms with E-state index in [0.29, 0.717) is 17.4 Å². The Morgan fingerprint density at radius 1 is 1.06 bits per heavy atom. The Kier molecular flexibility index (Phi) is 6.06. The number of carbonyl (C=O) groups excluding carboxylic acids is 1. The van der Waals surface area contributed by atoms with Crippen molar-refractivity contribution in [3.8, 4) is 11.1 Å². The maximum absolute atomic E-state index is 13.1. The SMILES string of the molecule is CN1CCC(N(C)c2cc(C(=O)Cc3ncc4ccc(-c5cnn(C)c5)cc4n3)ccn2)CC1. The molecule has 0 spiro atoms. The number of aromatic nitrogens is 5. The van der Waals surface area contributed by atoms with Gasteiger partial charge in [-0.2, -0.15) is 5.10 Å². The molecule has 4 heterocycles. The van der Waals surface area contributed by atoms with E-state index in [1.165, 1.54) is 0 Å². The van der Waals surface area contributed by atoms with Gasteiger partial charge in [-0.3, -0.25) is 9.48 Å². The first-order chi connectivity index (χ1) is 16.5. The van der Waals surface area contributed by atoms with Crippen LogP contribution >= 0.6 is 0 Å². The second kappa shape index (κ2) is 9.30. The Morgan fingerprint density at radius 2 is 1.88 bits per heavy atom. The molecule has 174 valence electrons. The summed E-state index contributed by atoms with van der Waals surface area (Å²) in [6.45, 7) is 2.16. The number of carbonyl (C=O) groups is 1. The van der Waals surface area contributed by atoms with E-state index in [1.54, 1.807) is 23.1 Å². The summed E-state index contributed by atoms with van der Waals surface area (Å²) >= 11 is 0. The monoisotopic (exact) mass is 455 g/mol. The number of hydrogen-bond donors (Lipinski definition) is 0. The summed E-state index contributed by atoms with van der Waals surface area (Å²) < 4.78 is 1.77. The fourth-order valence-electron chi connectivity index (χ4n) is 4.50. The van der Waals surface area contributed by atoms with Gasteiger partial charge in [0.1, 0.15) is 11.6 Å². The molecule has 0 N–H and O–H groups in total. The predicted octanol–water partition coefficient (Wildman–Crippen LogP) is 3.38. The van der Waals surface area contributed by atoms with Crippen LogP contribution in [0.5, 0.6) is 0 Å². The molecule has 1 aliphatic rings. The zero-order chi connectivity index (χ0) is 23.7. The summed E-state index contributed by atoms with van der Waals surface area (Å²) in [7, 11) is 6.12. The first-order valence-electron chi connectivity index (χ1n) is 11.6. The minimum Gasteiger partial charge on any atom is -0.357 e. The van der Waals surface area contributed by atoms with E-state index in [0.717, 1.165) is 53.8 Å². The molecule has 8 heteroatoms. The van der Waals surface area contributed by atoms with E-state index in [4.69, 9.17) is 0 Å². The number of ketones is 1. The number of fused-ring (bicyclic) bond motifs is 1. The fourth-order valence-corrected chi connectivity index (χ4v) is 4.50. The van der Waals surface area contributed by atoms with Crippen molar-refractivity contribution < 1.29 is 4.79 Å². The average molecular weight is 456 g/mol. The van der Waals surface area contributed by atoms with Crippen molar-refractivity contribution in [1.29, 1.82) is 0 Å². The van der Waals surface area contributed by atoms with Gasteiger partial charge in [-0.05, 0) is 56.7 Å². The number of anilines is 1. The van der Waals surface area contributed by atoms with Gasteiger partial charge >= 0.3 is 0 Å². The quantitative estimate of drug-likeness (QED) is 0.412. The van der Waals surface area contributed by atoms with Gasteiger partial charge in [-0.25, -0.2) is 15.0 Å². The molecule has 8 nitrogen and oxygen atoms in total. The number of aryl methyl sites for hydroxylation is 1. The van der Waals surface area contributed by atoms with Crippen LogP contribution in [0.25, 0.3) is 22.0 Å². The second-order valence-electron chi connectivity index (χ2n) is 9.11. The second-order valence-corrected chi connectivity index (χ2v) is 9.11. The molecular formula is C26H29N7O. The number of rotatable bonds is 6. The zero-order valence-electron chi connectivity index (χ0n) is 19.8. The maximum atomic E-state index is 13.1. The van der Waals surface area contributed by atoms with Crippen LogP contribution in [0.4, 0.5) is 5.82 Å². The Labute approximate surface area is 199 Å². The van der Waals surface area contributed by atoms with E-state index < -0.39 is 0 Å². The summed E-state index contributed by atoms with van der Waals surface area (Å²) in [4.78, 5) is 31.3. The van der Waals surface area contributed by atoms with Crippen molar-refractivity contribution in [3.05, 3.63) is 66.5 Å². The number of pyridine rings is 1. The van der Waals surface area contributed by atoms with Crippen molar-refractivity contribution in [1.82, 2.24) is 29.6 Å². The van der Waals surface area contributed by atoms with Gasteiger partial charge in [0.15, 0.2) is 5.78 Å². The highest BCUT2D eigenvalue weighted by atomic mass is 16.1. The van der Waals surface area contributed by atoms with Gasteiger partial charge in [-0.15, -0.1) is 0 Å². The van der Waals surface area contributed by atoms with Gasteiger partial charge in [0.25, 0.3) is 0 Å². The number of Topliss-reactive ketones (excluding diaryl/α,β-unsaturated/α-hetero) is 1. The van der Waals surface area contributed by atoms with Gasteiger partial charge in [0.2, 0.25) is 0 Å². The average Bonchev–Trinajstić information content (AvgIpc) is 3.30. The van der Waals surface area contributed by atoms with Gasteiger partial charge in [0.05, 0.1) is 18.1 Å². The molecule has 34 heavy (non-hydrogen) atoms. The number of piperidine rings is 1. The molecule has 5 rings (SSSR count). The molecular weight excluding hydrogens is 426 g/mol. The Morgan fingerprint density at radius 3 is 2.65 bits per heavy atom. The van der Waals surface area contributed by atoms with Crippen LogP contribution in [0, 0.1) is 0 Å². The molecule has 0 unspecified atom stereocenters. The molecule has 1 fully saturated rings. The summed E-state index contributed by atoms with van der Waals surface area (Å²) in [5.74, 6) is 1.34. The Balaban J connectivity index is 1.33. The van der Waals surface area contributed by atoms with E-state index in [-0.39, 0.29) is 12.2 Å². The lowest BCUT2D eigenvalue weighted by Crippen LogP contribution is -2.42. The summed E-state index contributed by atoms with van der Waals surface area (Å²) in [5, 5.41) is 5.18. The van der Waals surface area contributed by atoms with E-state index in [9.17, 15) is 4.79 Å². The van der Waals surface area contributed by atoms with Crippen molar-refractivity contribution in [3.63, 3.8) is 0 Å². The molecule has 0 amide bonds. The summed E-state index contributed by atoms with van der Waals surface area (Å²) in [5.41, 5.74) is 3.51. The van der Waals surface area contributed by atoms with Gasteiger partial charge < -0.3 is 9.80 Å². The van der Waals surface area contributed by atoms with Crippen LogP contribution in [-0.4, -0.2) is 68.6 Å². The van der Waals surface area contributed by atoms with E-state index >= 15 is 0 Å². The molecule has 0 radical (unpaired) electrons. The lowest BCUT2D eigenvalue weighted by molar-refractivity contribution is 0.0991. The third-order valence-electron chi connectivity index (χ3n) is 6.65. The molecule has 0 aliphatic carbocycles. The molecule has 3 aromatic heterocycles. The smallest absolute Gasteiger partial charge is 0.170 e. The van der Waals surface area contributed by atoms with Crippen LogP contribution in [0.15, 0.2) is 55.1 Å². The summed E-state index contributed by atoms with van der Waals surface area (Å²) in [6.07, 6.45) is 9.64. The lowest BCUT2D eigenvalue weighted by Gasteiger charge is -2.35. The van der Waals surface area contributed by atoms with Gasteiger partial charge in [-0.1, -0.05) is 12.1 Å². The molecule has 0 atom stereocenters. The Hall–Kier alpha value is -3.65. The third-order valence-corrected chi connectivity index (χ3v) is 6.65. The Bertz CT molecular complexity index is 1320. The topological polar surface area (TPSA) is 80.0 Å². The number of benzene rings is 1. The summed E-state index contributed by atoms with van der Waals surface area (Å²) in [6, 6.07) is 10.2. The largest absolute Gasteiger partial charge is 0.357 e. The van der Waals surface area contributed by atoms with Crippen LogP contribution in [0.2, 0.25) is 0 Å². The van der Waals surface area contributed by atoms with Crippen LogP contribution in [0.3, 0.4) is 0 Å². The van der Waals surface area contributed by atoms with Crippen molar-refractivity contribution in [2.24, 2.45) is 7.05 Å². The predicted molar refractivity (Wildman–Crippen MR) is 133 cm³/mol. The van der Waals surface area contributed by atoms with Crippen molar-refractivity contribution >= 4 is 22.5 Å². The zero-order valence-corrected chi connectivity index (χ0v) is 19.8. The fraction of sp³-hybridized carbons (Fsp3) is 0.346. The van der Waals surface area contributed by atoms with Gasteiger partial charge in [0, 0.05) is 55.2 Å². The molecule has 1 aliphatic heterocycles. The van der Waals surface area contributed by atoms with Crippen LogP contribution in [0.1, 0.15) is 29.0 Å². The standard InChI is InChI=1S/C26H29N7O/c1-31-10-7-22(8-11-31)33(3)26-13-19(6-9-27-26)24(34)14-25-28-15-20-5-4-18(12-23(20)30-25)21-16-29-32(2)17-21/h4-6,9,12-13,15-17,22H,7-8,10-11,14H2,1-3H3. The lowest BCUT2D eigenvalue weighted by atomic mass is 10.0. The normalized spacial score (nSPS) is 15.0. The molecule has 4 aromatic rings. The highest BCUT2D eigenvalue weighted by Gasteiger charge is 2.22. The first kappa shape index (κ1) is 22.2. The van der Waals surface area contributed by atoms with Crippen molar-refractivity contribution in [2.75, 3.05) is 32.1 Å². The molecule has 1 saturated heterocycles. The first-order valence-corrected chi connectivity index (χ1v) is 11.6. The minimum absolute atomic E-state index is 0.0109. The molecule has 0 bridgehead atoms. The molecule has 0 saturated carbocycles. The maximum Gasteiger partial charge on any atom is 0.170 e.